The highest BCUT2D eigenvalue weighted by Crippen LogP contribution is 2.31. The average Bonchev–Trinajstić information content (AvgIpc) is 2.41. The van der Waals surface area contributed by atoms with E-state index in [0.29, 0.717) is 10.2 Å². The number of nitro groups is 1. The van der Waals surface area contributed by atoms with E-state index in [0.717, 1.165) is 16.7 Å². The fourth-order valence-electron chi connectivity index (χ4n) is 1.52. The average molecular weight is 417 g/mol. The normalized spacial score (nSPS) is 10.2. The summed E-state index contributed by atoms with van der Waals surface area (Å²) in [6.45, 7) is 0. The first-order valence-corrected chi connectivity index (χ1v) is 7.07. The minimum atomic E-state index is -1.28. The summed E-state index contributed by atoms with van der Waals surface area (Å²) < 4.78 is 1.51. The third-order valence-corrected chi connectivity index (χ3v) is 3.64. The van der Waals surface area contributed by atoms with Crippen LogP contribution in [0, 0.1) is 10.1 Å². The van der Waals surface area contributed by atoms with Crippen molar-refractivity contribution in [3.05, 3.63) is 55.1 Å². The maximum Gasteiger partial charge on any atom is 0.337 e. The molecule has 0 spiro atoms. The van der Waals surface area contributed by atoms with Crippen molar-refractivity contribution in [1.82, 2.24) is 4.98 Å². The van der Waals surface area contributed by atoms with Gasteiger partial charge in [-0.2, -0.15) is 0 Å². The van der Waals surface area contributed by atoms with Gasteiger partial charge < -0.3 is 10.4 Å². The van der Waals surface area contributed by atoms with Crippen molar-refractivity contribution >= 4 is 55.0 Å². The van der Waals surface area contributed by atoms with Crippen LogP contribution >= 0.6 is 31.9 Å². The fraction of sp³-hybridized carbons (Fsp3) is 0. The molecule has 0 saturated heterocycles. The van der Waals surface area contributed by atoms with Gasteiger partial charge in [0.25, 0.3) is 0 Å². The van der Waals surface area contributed by atoms with Gasteiger partial charge in [-0.05, 0) is 34.1 Å². The van der Waals surface area contributed by atoms with Crippen molar-refractivity contribution in [3.63, 3.8) is 0 Å². The van der Waals surface area contributed by atoms with Crippen molar-refractivity contribution in [2.75, 3.05) is 5.32 Å². The first-order valence-electron chi connectivity index (χ1n) is 5.48. The summed E-state index contributed by atoms with van der Waals surface area (Å²) in [6.07, 6.45) is 1.06. The van der Waals surface area contributed by atoms with Crippen LogP contribution in [0.25, 0.3) is 0 Å². The molecule has 0 unspecified atom stereocenters. The number of nitrogens with one attached hydrogen (secondary N) is 1. The molecule has 2 N–H and O–H groups in total. The summed E-state index contributed by atoms with van der Waals surface area (Å²) in [5.41, 5.74) is -0.0938. The van der Waals surface area contributed by atoms with Crippen molar-refractivity contribution in [1.29, 1.82) is 0 Å². The summed E-state index contributed by atoms with van der Waals surface area (Å²) in [7, 11) is 0. The molecule has 2 rings (SSSR count). The van der Waals surface area contributed by atoms with Gasteiger partial charge >= 0.3 is 11.7 Å². The summed E-state index contributed by atoms with van der Waals surface area (Å²) in [5, 5.41) is 22.7. The second-order valence-corrected chi connectivity index (χ2v) is 5.67. The molecule has 0 fully saturated rings. The second-order valence-electron chi connectivity index (χ2n) is 3.90. The van der Waals surface area contributed by atoms with Crippen LogP contribution in [0.4, 0.5) is 17.2 Å². The number of hydrogen-bond acceptors (Lipinski definition) is 5. The molecule has 0 saturated carbocycles. The molecule has 9 heteroatoms. The van der Waals surface area contributed by atoms with Crippen LogP contribution in [0.3, 0.4) is 0 Å². The van der Waals surface area contributed by atoms with Crippen LogP contribution in [0.1, 0.15) is 10.4 Å². The fourth-order valence-corrected chi connectivity index (χ4v) is 2.67. The topological polar surface area (TPSA) is 105 Å². The van der Waals surface area contributed by atoms with Crippen molar-refractivity contribution in [2.24, 2.45) is 0 Å². The zero-order chi connectivity index (χ0) is 15.6. The first-order chi connectivity index (χ1) is 9.88. The van der Waals surface area contributed by atoms with E-state index in [1.54, 1.807) is 18.2 Å². The van der Waals surface area contributed by atoms with E-state index in [2.05, 4.69) is 42.2 Å². The molecule has 108 valence electrons. The van der Waals surface area contributed by atoms with Crippen LogP contribution in [-0.4, -0.2) is 21.0 Å². The Kier molecular flexibility index (Phi) is 4.53. The van der Waals surface area contributed by atoms with Gasteiger partial charge in [-0.3, -0.25) is 10.1 Å². The molecule has 0 radical (unpaired) electrons. The van der Waals surface area contributed by atoms with E-state index in [1.165, 1.54) is 0 Å². The van der Waals surface area contributed by atoms with E-state index < -0.39 is 16.6 Å². The smallest absolute Gasteiger partial charge is 0.337 e. The Balaban J connectivity index is 2.44. The Hall–Kier alpha value is -2.00. The first kappa shape index (κ1) is 15.4. The van der Waals surface area contributed by atoms with Gasteiger partial charge in [-0.1, -0.05) is 15.9 Å². The number of hydrogen-bond donors (Lipinski definition) is 2. The molecular formula is C12H7Br2N3O4. The molecule has 0 amide bonds. The number of carbonyl (C=O) groups is 1. The zero-order valence-electron chi connectivity index (χ0n) is 10.2. The Morgan fingerprint density at radius 1 is 1.33 bits per heavy atom. The van der Waals surface area contributed by atoms with Crippen molar-refractivity contribution < 1.29 is 14.8 Å². The quantitative estimate of drug-likeness (QED) is 0.577. The molecule has 0 aliphatic heterocycles. The van der Waals surface area contributed by atoms with Gasteiger partial charge in [0.05, 0.1) is 16.2 Å². The van der Waals surface area contributed by atoms with Crippen LogP contribution in [0.5, 0.6) is 0 Å². The maximum atomic E-state index is 11.0. The molecule has 0 bridgehead atoms. The lowest BCUT2D eigenvalue weighted by atomic mass is 10.2. The van der Waals surface area contributed by atoms with Gasteiger partial charge in [-0.15, -0.1) is 0 Å². The van der Waals surface area contributed by atoms with E-state index in [9.17, 15) is 14.9 Å². The number of benzene rings is 1. The molecule has 7 nitrogen and oxygen atoms in total. The summed E-state index contributed by atoms with van der Waals surface area (Å²) in [6, 6.07) is 6.18. The number of pyridine rings is 1. The molecule has 0 atom stereocenters. The van der Waals surface area contributed by atoms with Gasteiger partial charge in [-0.25, -0.2) is 9.78 Å². The number of rotatable bonds is 4. The molecular weight excluding hydrogens is 410 g/mol. The molecule has 0 aliphatic carbocycles. The Bertz CT molecular complexity index is 736. The summed E-state index contributed by atoms with van der Waals surface area (Å²) >= 11 is 6.62. The number of nitrogens with zero attached hydrogens (tertiary/aromatic N) is 2. The van der Waals surface area contributed by atoms with E-state index in [4.69, 9.17) is 5.11 Å². The number of carboxylic acid groups (broad SMARTS) is 1. The zero-order valence-corrected chi connectivity index (χ0v) is 13.4. The monoisotopic (exact) mass is 415 g/mol. The molecule has 1 aromatic heterocycles. The predicted octanol–water partition coefficient (Wildman–Crippen LogP) is 3.96. The molecule has 1 heterocycles. The van der Waals surface area contributed by atoms with Gasteiger partial charge in [0, 0.05) is 21.2 Å². The van der Waals surface area contributed by atoms with Crippen LogP contribution in [0.2, 0.25) is 0 Å². The third kappa shape index (κ3) is 3.56. The van der Waals surface area contributed by atoms with Gasteiger partial charge in [0.15, 0.2) is 0 Å². The second kappa shape index (κ2) is 6.19. The minimum absolute atomic E-state index is 0.0342. The lowest BCUT2D eigenvalue weighted by molar-refractivity contribution is -0.384. The van der Waals surface area contributed by atoms with Crippen LogP contribution in [-0.2, 0) is 0 Å². The van der Waals surface area contributed by atoms with Crippen LogP contribution < -0.4 is 5.32 Å². The number of aromatic nitrogens is 1. The van der Waals surface area contributed by atoms with Crippen LogP contribution in [0.15, 0.2) is 39.4 Å². The highest BCUT2D eigenvalue weighted by Gasteiger charge is 2.19. The molecule has 0 aliphatic rings. The summed E-state index contributed by atoms with van der Waals surface area (Å²) in [5.74, 6) is -1.31. The van der Waals surface area contributed by atoms with Gasteiger partial charge in [0.1, 0.15) is 0 Å². The van der Waals surface area contributed by atoms with E-state index >= 15 is 0 Å². The van der Waals surface area contributed by atoms with Gasteiger partial charge in [0.2, 0.25) is 5.82 Å². The standard InChI is InChI=1S/C12H7Br2N3O4/c13-7-1-2-9(8(14)4-7)16-11-10(17(20)21)3-6(5-15-11)12(18)19/h1-5H,(H,15,16)(H,18,19). The van der Waals surface area contributed by atoms with Crippen molar-refractivity contribution in [3.8, 4) is 0 Å². The Morgan fingerprint density at radius 2 is 2.05 bits per heavy atom. The lowest BCUT2D eigenvalue weighted by Gasteiger charge is -2.09. The highest BCUT2D eigenvalue weighted by molar-refractivity contribution is 9.11. The molecule has 1 aromatic carbocycles. The number of aromatic carboxylic acids is 1. The highest BCUT2D eigenvalue weighted by atomic mass is 79.9. The number of anilines is 2. The summed E-state index contributed by atoms with van der Waals surface area (Å²) in [4.78, 5) is 25.0. The van der Waals surface area contributed by atoms with Crippen molar-refractivity contribution in [2.45, 2.75) is 0 Å². The van der Waals surface area contributed by atoms with E-state index in [1.807, 2.05) is 0 Å². The minimum Gasteiger partial charge on any atom is -0.478 e. The Labute approximate surface area is 135 Å². The Morgan fingerprint density at radius 3 is 2.62 bits per heavy atom. The van der Waals surface area contributed by atoms with E-state index in [-0.39, 0.29) is 11.4 Å². The largest absolute Gasteiger partial charge is 0.478 e. The maximum absolute atomic E-state index is 11.0. The molecule has 21 heavy (non-hydrogen) atoms. The number of carboxylic acids is 1. The molecule has 2 aromatic rings. The lowest BCUT2D eigenvalue weighted by Crippen LogP contribution is -2.04. The third-order valence-electron chi connectivity index (χ3n) is 2.50. The SMILES string of the molecule is O=C(O)c1cnc(Nc2ccc(Br)cc2Br)c([N+](=O)[O-])c1. The number of halogens is 2. The predicted molar refractivity (Wildman–Crippen MR) is 83.0 cm³/mol.